The Labute approximate surface area is 86.6 Å². The molecule has 0 spiro atoms. The maximum absolute atomic E-state index is 11.4. The van der Waals surface area contributed by atoms with E-state index in [2.05, 4.69) is 5.32 Å². The Hall–Kier alpha value is -1.72. The third-order valence-electron chi connectivity index (χ3n) is 2.15. The lowest BCUT2D eigenvalue weighted by Gasteiger charge is -2.10. The van der Waals surface area contributed by atoms with Crippen molar-refractivity contribution in [3.8, 4) is 0 Å². The highest BCUT2D eigenvalue weighted by atomic mass is 16.2. The van der Waals surface area contributed by atoms with Crippen molar-refractivity contribution in [2.45, 2.75) is 25.7 Å². The first-order chi connectivity index (χ1) is 7.06. The van der Waals surface area contributed by atoms with Crippen molar-refractivity contribution in [2.24, 2.45) is 0 Å². The average molecular weight is 212 g/mol. The van der Waals surface area contributed by atoms with Gasteiger partial charge in [0, 0.05) is 32.7 Å². The number of hydrogen-bond donors (Lipinski definition) is 1. The fraction of sp³-hybridized carbons (Fsp3) is 0.556. The van der Waals surface area contributed by atoms with Gasteiger partial charge in [-0.1, -0.05) is 0 Å². The van der Waals surface area contributed by atoms with Gasteiger partial charge in [-0.3, -0.25) is 19.2 Å². The molecule has 1 N–H and O–H groups in total. The van der Waals surface area contributed by atoms with E-state index in [1.54, 1.807) is 0 Å². The first-order valence-corrected chi connectivity index (χ1v) is 4.65. The number of likely N-dealkylation sites (tertiary alicyclic amines) is 1. The van der Waals surface area contributed by atoms with Crippen LogP contribution in [0, 0.1) is 0 Å². The third-order valence-corrected chi connectivity index (χ3v) is 2.15. The van der Waals surface area contributed by atoms with E-state index in [-0.39, 0.29) is 31.6 Å². The summed E-state index contributed by atoms with van der Waals surface area (Å²) in [6.07, 6.45) is 0.0542. The molecule has 82 valence electrons. The molecule has 1 aliphatic heterocycles. The van der Waals surface area contributed by atoms with Crippen LogP contribution in [-0.4, -0.2) is 35.6 Å². The topological polar surface area (TPSA) is 83.6 Å². The summed E-state index contributed by atoms with van der Waals surface area (Å²) < 4.78 is 0. The Morgan fingerprint density at radius 3 is 2.20 bits per heavy atom. The van der Waals surface area contributed by atoms with Gasteiger partial charge < -0.3 is 5.32 Å². The van der Waals surface area contributed by atoms with Crippen molar-refractivity contribution < 1.29 is 19.2 Å². The van der Waals surface area contributed by atoms with Crippen LogP contribution >= 0.6 is 0 Å². The van der Waals surface area contributed by atoms with Gasteiger partial charge in [0.2, 0.25) is 23.6 Å². The second-order valence-corrected chi connectivity index (χ2v) is 3.19. The average Bonchev–Trinajstić information content (AvgIpc) is 2.54. The third kappa shape index (κ3) is 2.61. The predicted octanol–water partition coefficient (Wildman–Crippen LogP) is -0.812. The number of amides is 4. The van der Waals surface area contributed by atoms with E-state index in [1.165, 1.54) is 7.05 Å². The van der Waals surface area contributed by atoms with Crippen molar-refractivity contribution in [3.63, 3.8) is 0 Å². The molecule has 0 bridgehead atoms. The summed E-state index contributed by atoms with van der Waals surface area (Å²) in [5.41, 5.74) is 0. The molecule has 6 heteroatoms. The second-order valence-electron chi connectivity index (χ2n) is 3.19. The summed E-state index contributed by atoms with van der Waals surface area (Å²) in [6.45, 7) is 0. The van der Waals surface area contributed by atoms with E-state index in [1.807, 2.05) is 0 Å². The van der Waals surface area contributed by atoms with Crippen LogP contribution < -0.4 is 5.32 Å². The van der Waals surface area contributed by atoms with Crippen molar-refractivity contribution in [2.75, 3.05) is 7.05 Å². The first kappa shape index (κ1) is 11.4. The highest BCUT2D eigenvalue weighted by molar-refractivity contribution is 6.15. The quantitative estimate of drug-likeness (QED) is 0.620. The summed E-state index contributed by atoms with van der Waals surface area (Å²) in [5, 5.41) is 2.35. The van der Waals surface area contributed by atoms with E-state index in [0.29, 0.717) is 4.90 Å². The maximum Gasteiger partial charge on any atom is 0.236 e. The van der Waals surface area contributed by atoms with Gasteiger partial charge in [0.15, 0.2) is 0 Å². The number of nitrogens with one attached hydrogen (secondary N) is 1. The van der Waals surface area contributed by atoms with Crippen molar-refractivity contribution >= 4 is 23.6 Å². The summed E-state index contributed by atoms with van der Waals surface area (Å²) in [7, 11) is 1.46. The molecule has 0 saturated carbocycles. The zero-order valence-corrected chi connectivity index (χ0v) is 8.41. The molecule has 15 heavy (non-hydrogen) atoms. The molecule has 0 aromatic rings. The number of carbonyl (C=O) groups excluding carboxylic acids is 4. The van der Waals surface area contributed by atoms with E-state index in [0.717, 1.165) is 0 Å². The van der Waals surface area contributed by atoms with E-state index < -0.39 is 17.7 Å². The monoisotopic (exact) mass is 212 g/mol. The number of nitrogens with zero attached hydrogens (tertiary/aromatic N) is 1. The van der Waals surface area contributed by atoms with Crippen molar-refractivity contribution in [1.29, 1.82) is 0 Å². The van der Waals surface area contributed by atoms with Gasteiger partial charge in [-0.15, -0.1) is 0 Å². The van der Waals surface area contributed by atoms with Crippen LogP contribution in [0.25, 0.3) is 0 Å². The van der Waals surface area contributed by atoms with Crippen LogP contribution in [0.5, 0.6) is 0 Å². The molecule has 0 aromatic carbocycles. The molecular formula is C9H12N2O4. The van der Waals surface area contributed by atoms with Crippen LogP contribution in [0.2, 0.25) is 0 Å². The molecule has 0 radical (unpaired) electrons. The fourth-order valence-corrected chi connectivity index (χ4v) is 1.31. The van der Waals surface area contributed by atoms with Gasteiger partial charge in [-0.05, 0) is 0 Å². The zero-order chi connectivity index (χ0) is 11.4. The second kappa shape index (κ2) is 4.68. The smallest absolute Gasteiger partial charge is 0.236 e. The fourth-order valence-electron chi connectivity index (χ4n) is 1.31. The predicted molar refractivity (Wildman–Crippen MR) is 49.4 cm³/mol. The molecule has 6 nitrogen and oxygen atoms in total. The van der Waals surface area contributed by atoms with Gasteiger partial charge in [0.05, 0.1) is 0 Å². The van der Waals surface area contributed by atoms with Crippen molar-refractivity contribution in [1.82, 2.24) is 10.2 Å². The number of carbonyl (C=O) groups is 4. The van der Waals surface area contributed by atoms with Crippen LogP contribution in [0.4, 0.5) is 0 Å². The van der Waals surface area contributed by atoms with Gasteiger partial charge >= 0.3 is 0 Å². The molecule has 4 amide bonds. The Balaban J connectivity index is 2.50. The van der Waals surface area contributed by atoms with E-state index in [4.69, 9.17) is 0 Å². The van der Waals surface area contributed by atoms with E-state index >= 15 is 0 Å². The molecule has 1 saturated heterocycles. The Bertz CT molecular complexity index is 308. The van der Waals surface area contributed by atoms with Gasteiger partial charge in [-0.25, -0.2) is 4.90 Å². The molecule has 1 heterocycles. The Morgan fingerprint density at radius 1 is 1.20 bits per heavy atom. The standard InChI is InChI=1S/C9H12N2O4/c1-10-6(12)2-3-7(13)11-8(14)4-5-9(11)15/h2-5H2,1H3,(H,10,12). The summed E-state index contributed by atoms with van der Waals surface area (Å²) in [5.74, 6) is -1.82. The molecule has 1 fully saturated rings. The van der Waals surface area contributed by atoms with Gasteiger partial charge in [0.1, 0.15) is 0 Å². The molecular weight excluding hydrogens is 200 g/mol. The summed E-state index contributed by atoms with van der Waals surface area (Å²) in [4.78, 5) is 45.1. The normalized spacial score (nSPS) is 15.7. The van der Waals surface area contributed by atoms with Crippen LogP contribution in [-0.2, 0) is 19.2 Å². The molecule has 0 unspecified atom stereocenters. The molecule has 1 aliphatic rings. The minimum atomic E-state index is -0.592. The van der Waals surface area contributed by atoms with Crippen LogP contribution in [0.3, 0.4) is 0 Å². The first-order valence-electron chi connectivity index (χ1n) is 4.65. The zero-order valence-electron chi connectivity index (χ0n) is 8.41. The molecule has 0 aliphatic carbocycles. The Morgan fingerprint density at radius 2 is 1.73 bits per heavy atom. The number of hydrogen-bond acceptors (Lipinski definition) is 4. The lowest BCUT2D eigenvalue weighted by molar-refractivity contribution is -0.150. The number of imide groups is 3. The minimum Gasteiger partial charge on any atom is -0.359 e. The molecule has 0 atom stereocenters. The maximum atomic E-state index is 11.4. The molecule has 1 rings (SSSR count). The lowest BCUT2D eigenvalue weighted by atomic mass is 10.2. The van der Waals surface area contributed by atoms with Crippen molar-refractivity contribution in [3.05, 3.63) is 0 Å². The van der Waals surface area contributed by atoms with Crippen LogP contribution in [0.1, 0.15) is 25.7 Å². The molecule has 0 aromatic heterocycles. The minimum absolute atomic E-state index is 0.00755. The lowest BCUT2D eigenvalue weighted by Crippen LogP contribution is -2.36. The van der Waals surface area contributed by atoms with Gasteiger partial charge in [-0.2, -0.15) is 0 Å². The van der Waals surface area contributed by atoms with Crippen LogP contribution in [0.15, 0.2) is 0 Å². The number of rotatable bonds is 3. The summed E-state index contributed by atoms with van der Waals surface area (Å²) in [6, 6.07) is 0. The highest BCUT2D eigenvalue weighted by Crippen LogP contribution is 2.13. The summed E-state index contributed by atoms with van der Waals surface area (Å²) >= 11 is 0. The van der Waals surface area contributed by atoms with Gasteiger partial charge in [0.25, 0.3) is 0 Å². The highest BCUT2D eigenvalue weighted by Gasteiger charge is 2.33. The largest absolute Gasteiger partial charge is 0.359 e. The Kier molecular flexibility index (Phi) is 3.54. The SMILES string of the molecule is CNC(=O)CCC(=O)N1C(=O)CCC1=O. The van der Waals surface area contributed by atoms with E-state index in [9.17, 15) is 19.2 Å².